The molecule has 0 saturated carbocycles. The van der Waals surface area contributed by atoms with Crippen molar-refractivity contribution in [2.24, 2.45) is 0 Å². The highest BCUT2D eigenvalue weighted by Crippen LogP contribution is 2.19. The summed E-state index contributed by atoms with van der Waals surface area (Å²) in [5, 5.41) is 6.27. The average molecular weight is 310 g/mol. The van der Waals surface area contributed by atoms with Gasteiger partial charge < -0.3 is 10.6 Å². The summed E-state index contributed by atoms with van der Waals surface area (Å²) in [4.78, 5) is 18.4. The first kappa shape index (κ1) is 15.3. The zero-order valence-corrected chi connectivity index (χ0v) is 13.4. The number of carbonyl (C=O) groups is 1. The fraction of sp³-hybridized carbons (Fsp3) is 0.333. The molecule has 1 aromatic heterocycles. The molecule has 0 fully saturated rings. The third-order valence-corrected chi connectivity index (χ3v) is 4.06. The number of pyridine rings is 1. The standard InChI is InChI=1S/C18H22N4O/c1-22(16-7-3-2-4-8-16)18(23)20-13-11-15-10-9-14-6-5-12-19-17(14)21-15/h2-4,7-10H,5-6,11-13H2,1H3,(H,19,21)(H,20,23). The van der Waals surface area contributed by atoms with Crippen LogP contribution in [-0.2, 0) is 12.8 Å². The minimum absolute atomic E-state index is 0.104. The summed E-state index contributed by atoms with van der Waals surface area (Å²) in [6, 6.07) is 13.7. The molecule has 2 amide bonds. The molecule has 0 radical (unpaired) electrons. The molecule has 0 unspecified atom stereocenters. The number of carbonyl (C=O) groups excluding carboxylic acids is 1. The van der Waals surface area contributed by atoms with Crippen LogP contribution in [0, 0.1) is 0 Å². The number of anilines is 2. The zero-order chi connectivity index (χ0) is 16.1. The van der Waals surface area contributed by atoms with Gasteiger partial charge in [-0.2, -0.15) is 0 Å². The highest BCUT2D eigenvalue weighted by Gasteiger charge is 2.12. The van der Waals surface area contributed by atoms with Crippen LogP contribution in [0.5, 0.6) is 0 Å². The van der Waals surface area contributed by atoms with Gasteiger partial charge >= 0.3 is 6.03 Å². The van der Waals surface area contributed by atoms with E-state index in [1.165, 1.54) is 5.56 Å². The third kappa shape index (κ3) is 3.80. The summed E-state index contributed by atoms with van der Waals surface area (Å²) in [5.41, 5.74) is 3.16. The van der Waals surface area contributed by atoms with Crippen molar-refractivity contribution in [1.82, 2.24) is 10.3 Å². The van der Waals surface area contributed by atoms with Gasteiger partial charge in [-0.25, -0.2) is 9.78 Å². The molecule has 5 heteroatoms. The lowest BCUT2D eigenvalue weighted by molar-refractivity contribution is 0.247. The second kappa shape index (κ2) is 7.13. The summed E-state index contributed by atoms with van der Waals surface area (Å²) in [6.45, 7) is 1.56. The second-order valence-corrected chi connectivity index (χ2v) is 5.72. The van der Waals surface area contributed by atoms with E-state index >= 15 is 0 Å². The van der Waals surface area contributed by atoms with Crippen LogP contribution in [0.15, 0.2) is 42.5 Å². The van der Waals surface area contributed by atoms with E-state index in [9.17, 15) is 4.79 Å². The predicted octanol–water partition coefficient (Wildman–Crippen LogP) is 2.83. The van der Waals surface area contributed by atoms with Crippen LogP contribution in [0.4, 0.5) is 16.3 Å². The van der Waals surface area contributed by atoms with Gasteiger partial charge in [0, 0.05) is 37.9 Å². The number of hydrogen-bond donors (Lipinski definition) is 2. The molecule has 120 valence electrons. The number of fused-ring (bicyclic) bond motifs is 1. The number of aromatic nitrogens is 1. The van der Waals surface area contributed by atoms with E-state index in [0.29, 0.717) is 6.54 Å². The molecule has 0 saturated heterocycles. The Morgan fingerprint density at radius 2 is 2.09 bits per heavy atom. The Morgan fingerprint density at radius 3 is 2.91 bits per heavy atom. The van der Waals surface area contributed by atoms with Crippen LogP contribution >= 0.6 is 0 Å². The molecule has 2 N–H and O–H groups in total. The minimum atomic E-state index is -0.104. The van der Waals surface area contributed by atoms with Gasteiger partial charge in [-0.1, -0.05) is 24.3 Å². The van der Waals surface area contributed by atoms with Gasteiger partial charge in [0.05, 0.1) is 0 Å². The summed E-state index contributed by atoms with van der Waals surface area (Å²) in [7, 11) is 1.77. The molecule has 2 heterocycles. The largest absolute Gasteiger partial charge is 0.370 e. The summed E-state index contributed by atoms with van der Waals surface area (Å²) in [5.74, 6) is 1.00. The highest BCUT2D eigenvalue weighted by molar-refractivity contribution is 5.91. The molecule has 1 aliphatic heterocycles. The maximum Gasteiger partial charge on any atom is 0.321 e. The van der Waals surface area contributed by atoms with Crippen molar-refractivity contribution in [2.75, 3.05) is 30.4 Å². The number of urea groups is 1. The second-order valence-electron chi connectivity index (χ2n) is 5.72. The number of benzene rings is 1. The van der Waals surface area contributed by atoms with Crippen molar-refractivity contribution in [3.05, 3.63) is 53.7 Å². The average Bonchev–Trinajstić information content (AvgIpc) is 2.61. The number of para-hydroxylation sites is 1. The molecule has 0 atom stereocenters. The maximum absolute atomic E-state index is 12.1. The van der Waals surface area contributed by atoms with Crippen LogP contribution in [0.1, 0.15) is 17.7 Å². The van der Waals surface area contributed by atoms with Crippen LogP contribution in [0.2, 0.25) is 0 Å². The molecule has 2 aromatic rings. The predicted molar refractivity (Wildman–Crippen MR) is 93.0 cm³/mol. The van der Waals surface area contributed by atoms with Crippen molar-refractivity contribution in [2.45, 2.75) is 19.3 Å². The van der Waals surface area contributed by atoms with Crippen molar-refractivity contribution < 1.29 is 4.79 Å². The summed E-state index contributed by atoms with van der Waals surface area (Å²) >= 11 is 0. The van der Waals surface area contributed by atoms with Crippen molar-refractivity contribution >= 4 is 17.5 Å². The Hall–Kier alpha value is -2.56. The maximum atomic E-state index is 12.1. The lowest BCUT2D eigenvalue weighted by atomic mass is 10.1. The minimum Gasteiger partial charge on any atom is -0.370 e. The summed E-state index contributed by atoms with van der Waals surface area (Å²) < 4.78 is 0. The van der Waals surface area contributed by atoms with Crippen molar-refractivity contribution in [3.63, 3.8) is 0 Å². The Bertz CT molecular complexity index is 672. The molecule has 0 aliphatic carbocycles. The SMILES string of the molecule is CN(C(=O)NCCc1ccc2c(n1)NCCC2)c1ccccc1. The molecular formula is C18H22N4O. The molecule has 23 heavy (non-hydrogen) atoms. The first-order valence-corrected chi connectivity index (χ1v) is 8.03. The van der Waals surface area contributed by atoms with Crippen molar-refractivity contribution in [1.29, 1.82) is 0 Å². The van der Waals surface area contributed by atoms with Crippen LogP contribution < -0.4 is 15.5 Å². The van der Waals surface area contributed by atoms with Gasteiger partial charge in [-0.05, 0) is 36.6 Å². The van der Waals surface area contributed by atoms with Crippen molar-refractivity contribution in [3.8, 4) is 0 Å². The Kier molecular flexibility index (Phi) is 4.76. The topological polar surface area (TPSA) is 57.3 Å². The molecule has 3 rings (SSSR count). The molecule has 0 spiro atoms. The lowest BCUT2D eigenvalue weighted by Crippen LogP contribution is -2.38. The van der Waals surface area contributed by atoms with Crippen LogP contribution in [0.3, 0.4) is 0 Å². The lowest BCUT2D eigenvalue weighted by Gasteiger charge is -2.19. The zero-order valence-electron chi connectivity index (χ0n) is 13.4. The first-order valence-electron chi connectivity index (χ1n) is 8.03. The fourth-order valence-electron chi connectivity index (χ4n) is 2.69. The number of rotatable bonds is 4. The Balaban J connectivity index is 1.52. The van der Waals surface area contributed by atoms with Gasteiger partial charge in [0.1, 0.15) is 5.82 Å². The van der Waals surface area contributed by atoms with Gasteiger partial charge in [-0.3, -0.25) is 4.90 Å². The number of aryl methyl sites for hydroxylation is 1. The highest BCUT2D eigenvalue weighted by atomic mass is 16.2. The normalized spacial score (nSPS) is 12.9. The number of amides is 2. The smallest absolute Gasteiger partial charge is 0.321 e. The molecule has 0 bridgehead atoms. The van der Waals surface area contributed by atoms with E-state index in [1.807, 2.05) is 30.3 Å². The van der Waals surface area contributed by atoms with E-state index < -0.39 is 0 Å². The summed E-state index contributed by atoms with van der Waals surface area (Å²) in [6.07, 6.45) is 2.98. The number of nitrogens with zero attached hydrogens (tertiary/aromatic N) is 2. The van der Waals surface area contributed by atoms with E-state index in [2.05, 4.69) is 27.8 Å². The Morgan fingerprint density at radius 1 is 1.26 bits per heavy atom. The van der Waals surface area contributed by atoms with Gasteiger partial charge in [0.2, 0.25) is 0 Å². The molecule has 1 aliphatic rings. The molecule has 1 aromatic carbocycles. The monoisotopic (exact) mass is 310 g/mol. The first-order chi connectivity index (χ1) is 11.2. The fourth-order valence-corrected chi connectivity index (χ4v) is 2.69. The van der Waals surface area contributed by atoms with Crippen LogP contribution in [-0.4, -0.2) is 31.2 Å². The van der Waals surface area contributed by atoms with Crippen LogP contribution in [0.25, 0.3) is 0 Å². The number of hydrogen-bond acceptors (Lipinski definition) is 3. The van der Waals surface area contributed by atoms with E-state index in [1.54, 1.807) is 11.9 Å². The molecule has 5 nitrogen and oxygen atoms in total. The van der Waals surface area contributed by atoms with Gasteiger partial charge in [0.25, 0.3) is 0 Å². The van der Waals surface area contributed by atoms with E-state index in [0.717, 1.165) is 43.0 Å². The van der Waals surface area contributed by atoms with Gasteiger partial charge in [0.15, 0.2) is 0 Å². The molecular weight excluding hydrogens is 288 g/mol. The third-order valence-electron chi connectivity index (χ3n) is 4.06. The Labute approximate surface area is 136 Å². The van der Waals surface area contributed by atoms with E-state index in [-0.39, 0.29) is 6.03 Å². The van der Waals surface area contributed by atoms with Gasteiger partial charge in [-0.15, -0.1) is 0 Å². The number of nitrogens with one attached hydrogen (secondary N) is 2. The quantitative estimate of drug-likeness (QED) is 0.913. The van der Waals surface area contributed by atoms with E-state index in [4.69, 9.17) is 0 Å².